The Kier molecular flexibility index (Phi) is 4.45. The topological polar surface area (TPSA) is 76.7 Å². The van der Waals surface area contributed by atoms with Crippen LogP contribution < -0.4 is 11.3 Å². The largest absolute Gasteiger partial charge is 0.417 e. The highest BCUT2D eigenvalue weighted by Gasteiger charge is 2.30. The van der Waals surface area contributed by atoms with E-state index in [2.05, 4.69) is 36.3 Å². The first-order valence-electron chi connectivity index (χ1n) is 5.10. The van der Waals surface area contributed by atoms with Crippen LogP contribution in [0.5, 0.6) is 0 Å². The molecular weight excluding hydrogens is 359 g/mol. The van der Waals surface area contributed by atoms with Crippen molar-refractivity contribution < 1.29 is 13.2 Å². The maximum atomic E-state index is 12.4. The first-order valence-corrected chi connectivity index (χ1v) is 6.71. The molecule has 0 radical (unpaired) electrons. The van der Waals surface area contributed by atoms with Gasteiger partial charge in [0.1, 0.15) is 10.1 Å². The van der Waals surface area contributed by atoms with Crippen molar-refractivity contribution in [3.8, 4) is 0 Å². The van der Waals surface area contributed by atoms with Gasteiger partial charge in [-0.2, -0.15) is 13.2 Å². The highest BCUT2D eigenvalue weighted by atomic mass is 79.9. The summed E-state index contributed by atoms with van der Waals surface area (Å²) in [6.07, 6.45) is -2.14. The number of pyridine rings is 1. The number of anilines is 1. The summed E-state index contributed by atoms with van der Waals surface area (Å²) in [7, 11) is 0. The van der Waals surface area contributed by atoms with Gasteiger partial charge in [0.2, 0.25) is 5.95 Å². The second-order valence-corrected chi connectivity index (χ2v) is 5.34. The molecule has 0 saturated heterocycles. The fourth-order valence-electron chi connectivity index (χ4n) is 1.20. The minimum atomic E-state index is -4.40. The van der Waals surface area contributed by atoms with E-state index in [0.717, 1.165) is 24.0 Å². The quantitative estimate of drug-likeness (QED) is 0.494. The van der Waals surface area contributed by atoms with Crippen LogP contribution in [0.3, 0.4) is 0 Å². The second kappa shape index (κ2) is 5.94. The van der Waals surface area contributed by atoms with Crippen LogP contribution in [0, 0.1) is 0 Å². The Hall–Kier alpha value is -1.39. The second-order valence-electron chi connectivity index (χ2n) is 3.48. The van der Waals surface area contributed by atoms with Crippen molar-refractivity contribution in [2.24, 2.45) is 5.84 Å². The van der Waals surface area contributed by atoms with Gasteiger partial charge >= 0.3 is 6.18 Å². The van der Waals surface area contributed by atoms with Crippen LogP contribution in [-0.4, -0.2) is 15.0 Å². The number of nitrogens with zero attached hydrogens (tertiary/aromatic N) is 3. The Bertz CT molecular complexity index is 605. The highest BCUT2D eigenvalue weighted by Crippen LogP contribution is 2.33. The number of hydrazine groups is 1. The van der Waals surface area contributed by atoms with Crippen molar-refractivity contribution >= 4 is 33.6 Å². The molecule has 106 valence electrons. The van der Waals surface area contributed by atoms with E-state index in [1.165, 1.54) is 12.3 Å². The number of hydrogen-bond donors (Lipinski definition) is 2. The van der Waals surface area contributed by atoms with Crippen molar-refractivity contribution in [1.29, 1.82) is 0 Å². The van der Waals surface area contributed by atoms with E-state index in [1.807, 2.05) is 0 Å². The molecule has 0 unspecified atom stereocenters. The van der Waals surface area contributed by atoms with Gasteiger partial charge in [-0.25, -0.2) is 20.8 Å². The molecule has 0 aliphatic carbocycles. The first-order chi connectivity index (χ1) is 9.40. The van der Waals surface area contributed by atoms with Crippen LogP contribution in [-0.2, 0) is 6.18 Å². The minimum absolute atomic E-state index is 0.197. The third-order valence-electron chi connectivity index (χ3n) is 2.11. The highest BCUT2D eigenvalue weighted by molar-refractivity contribution is 9.10. The summed E-state index contributed by atoms with van der Waals surface area (Å²) < 4.78 is 37.8. The van der Waals surface area contributed by atoms with Gasteiger partial charge in [0.05, 0.1) is 10.0 Å². The van der Waals surface area contributed by atoms with Crippen molar-refractivity contribution in [3.05, 3.63) is 34.6 Å². The zero-order valence-electron chi connectivity index (χ0n) is 9.65. The third kappa shape index (κ3) is 3.58. The van der Waals surface area contributed by atoms with Crippen LogP contribution >= 0.6 is 27.7 Å². The first kappa shape index (κ1) is 15.0. The molecule has 3 N–H and O–H groups in total. The zero-order valence-corrected chi connectivity index (χ0v) is 12.1. The number of halogens is 4. The van der Waals surface area contributed by atoms with Crippen molar-refractivity contribution in [3.63, 3.8) is 0 Å². The predicted octanol–water partition coefficient (Wildman–Crippen LogP) is 3.09. The fourth-order valence-corrected chi connectivity index (χ4v) is 2.36. The molecule has 2 heterocycles. The standard InChI is InChI=1S/C10H7BrF3N5S/c11-6-4-17-9(19-15)18-8(6)20-7-2-1-5(3-16-7)10(12,13)14/h1-4H,15H2,(H,17,18,19). The Labute approximate surface area is 124 Å². The van der Waals surface area contributed by atoms with Crippen molar-refractivity contribution in [1.82, 2.24) is 15.0 Å². The zero-order chi connectivity index (χ0) is 14.8. The lowest BCUT2D eigenvalue weighted by molar-refractivity contribution is -0.137. The number of alkyl halides is 3. The van der Waals surface area contributed by atoms with E-state index >= 15 is 0 Å². The summed E-state index contributed by atoms with van der Waals surface area (Å²) in [5.74, 6) is 5.39. The molecule has 0 spiro atoms. The summed E-state index contributed by atoms with van der Waals surface area (Å²) in [5.41, 5.74) is 1.49. The van der Waals surface area contributed by atoms with Gasteiger partial charge in [0.15, 0.2) is 0 Å². The summed E-state index contributed by atoms with van der Waals surface area (Å²) >= 11 is 4.33. The van der Waals surface area contributed by atoms with E-state index in [-0.39, 0.29) is 5.95 Å². The van der Waals surface area contributed by atoms with Crippen LogP contribution in [0.2, 0.25) is 0 Å². The smallest absolute Gasteiger partial charge is 0.292 e. The molecule has 0 saturated carbocycles. The van der Waals surface area contributed by atoms with Gasteiger partial charge in [-0.15, -0.1) is 0 Å². The molecular formula is C10H7BrF3N5S. The maximum Gasteiger partial charge on any atom is 0.417 e. The lowest BCUT2D eigenvalue weighted by atomic mass is 10.3. The summed E-state index contributed by atoms with van der Waals surface area (Å²) in [6, 6.07) is 2.24. The molecule has 2 aromatic rings. The van der Waals surface area contributed by atoms with Crippen LogP contribution in [0.4, 0.5) is 19.1 Å². The molecule has 0 bridgehead atoms. The van der Waals surface area contributed by atoms with Gasteiger partial charge in [0.25, 0.3) is 0 Å². The van der Waals surface area contributed by atoms with E-state index in [9.17, 15) is 13.2 Å². The molecule has 2 rings (SSSR count). The Balaban J connectivity index is 2.22. The number of hydrogen-bond acceptors (Lipinski definition) is 6. The molecule has 0 aliphatic rings. The minimum Gasteiger partial charge on any atom is -0.292 e. The van der Waals surface area contributed by atoms with Gasteiger partial charge < -0.3 is 0 Å². The molecule has 0 aliphatic heterocycles. The van der Waals surface area contributed by atoms with E-state index < -0.39 is 11.7 Å². The van der Waals surface area contributed by atoms with Gasteiger partial charge in [0, 0.05) is 12.4 Å². The number of aromatic nitrogens is 3. The summed E-state index contributed by atoms with van der Waals surface area (Å²) in [4.78, 5) is 11.7. The average molecular weight is 366 g/mol. The monoisotopic (exact) mass is 365 g/mol. The van der Waals surface area contributed by atoms with E-state index in [0.29, 0.717) is 14.5 Å². The lowest BCUT2D eigenvalue weighted by Crippen LogP contribution is -2.10. The SMILES string of the molecule is NNc1ncc(Br)c(Sc2ccc(C(F)(F)F)cn2)n1. The molecule has 0 fully saturated rings. The van der Waals surface area contributed by atoms with Crippen LogP contribution in [0.15, 0.2) is 39.1 Å². The third-order valence-corrected chi connectivity index (χ3v) is 3.90. The van der Waals surface area contributed by atoms with Crippen LogP contribution in [0.1, 0.15) is 5.56 Å². The van der Waals surface area contributed by atoms with Gasteiger partial charge in [-0.05, 0) is 39.8 Å². The molecule has 10 heteroatoms. The molecule has 5 nitrogen and oxygen atoms in total. The van der Waals surface area contributed by atoms with Gasteiger partial charge in [-0.3, -0.25) is 5.43 Å². The number of nitrogens with two attached hydrogens (primary N) is 1. The van der Waals surface area contributed by atoms with Crippen LogP contribution in [0.25, 0.3) is 0 Å². The molecule has 20 heavy (non-hydrogen) atoms. The average Bonchev–Trinajstić information content (AvgIpc) is 2.41. The fraction of sp³-hybridized carbons (Fsp3) is 0.100. The molecule has 0 amide bonds. The lowest BCUT2D eigenvalue weighted by Gasteiger charge is -2.07. The molecule has 2 aromatic heterocycles. The Morgan fingerprint density at radius 3 is 2.50 bits per heavy atom. The number of rotatable bonds is 3. The van der Waals surface area contributed by atoms with E-state index in [1.54, 1.807) is 0 Å². The Morgan fingerprint density at radius 1 is 1.20 bits per heavy atom. The van der Waals surface area contributed by atoms with Gasteiger partial charge in [-0.1, -0.05) is 0 Å². The molecule has 0 aromatic carbocycles. The number of nitrogens with one attached hydrogen (secondary N) is 1. The van der Waals surface area contributed by atoms with Crippen molar-refractivity contribution in [2.75, 3.05) is 5.43 Å². The predicted molar refractivity (Wildman–Crippen MR) is 70.9 cm³/mol. The van der Waals surface area contributed by atoms with E-state index in [4.69, 9.17) is 5.84 Å². The normalized spacial score (nSPS) is 11.4. The number of nitrogen functional groups attached to an aromatic ring is 1. The maximum absolute atomic E-state index is 12.4. The van der Waals surface area contributed by atoms with Crippen molar-refractivity contribution in [2.45, 2.75) is 16.2 Å². The summed E-state index contributed by atoms with van der Waals surface area (Å²) in [5, 5.41) is 0.862. The Morgan fingerprint density at radius 2 is 1.95 bits per heavy atom. The summed E-state index contributed by atoms with van der Waals surface area (Å²) in [6.45, 7) is 0. The molecule has 0 atom stereocenters.